The molecule has 3 aliphatic heterocycles. The molecule has 1 N–H and O–H groups in total. The summed E-state index contributed by atoms with van der Waals surface area (Å²) < 4.78 is 11.1. The van der Waals surface area contributed by atoms with Crippen molar-refractivity contribution < 1.29 is 23.9 Å². The number of rotatable bonds is 2. The number of piperidine rings is 1. The average molecular weight is 398 g/mol. The summed E-state index contributed by atoms with van der Waals surface area (Å²) in [4.78, 5) is 40.7. The normalized spacial score (nSPS) is 38.3. The van der Waals surface area contributed by atoms with Gasteiger partial charge in [-0.2, -0.15) is 0 Å². The Bertz CT molecular complexity index is 901. The Balaban J connectivity index is 1.66. The lowest BCUT2D eigenvalue weighted by atomic mass is 9.67. The van der Waals surface area contributed by atoms with Gasteiger partial charge in [0.05, 0.1) is 18.1 Å². The van der Waals surface area contributed by atoms with Crippen LogP contribution in [0.25, 0.3) is 0 Å². The van der Waals surface area contributed by atoms with E-state index in [0.717, 1.165) is 24.1 Å². The average Bonchev–Trinajstić information content (AvgIpc) is 3.24. The number of hydrogen-bond acceptors (Lipinski definition) is 6. The number of methoxy groups -OCH3 is 2. The molecule has 5 atom stereocenters. The first-order valence-corrected chi connectivity index (χ1v) is 10.3. The molecule has 1 aromatic rings. The highest BCUT2D eigenvalue weighted by atomic mass is 16.5. The van der Waals surface area contributed by atoms with E-state index in [0.29, 0.717) is 25.7 Å². The number of amides is 1. The summed E-state index contributed by atoms with van der Waals surface area (Å²) in [6.45, 7) is 0. The van der Waals surface area contributed by atoms with Gasteiger partial charge in [0, 0.05) is 37.7 Å². The summed E-state index contributed by atoms with van der Waals surface area (Å²) in [5, 5.41) is 3.03. The fourth-order valence-corrected chi connectivity index (χ4v) is 6.47. The molecule has 5 rings (SSSR count). The Morgan fingerprint density at radius 3 is 2.72 bits per heavy atom. The number of esters is 1. The third-order valence-electron chi connectivity index (χ3n) is 7.80. The van der Waals surface area contributed by atoms with Crippen molar-refractivity contribution in [2.24, 2.45) is 0 Å². The molecule has 7 nitrogen and oxygen atoms in total. The van der Waals surface area contributed by atoms with E-state index in [2.05, 4.69) is 10.2 Å². The lowest BCUT2D eigenvalue weighted by molar-refractivity contribution is -0.170. The second-order valence-corrected chi connectivity index (χ2v) is 8.74. The van der Waals surface area contributed by atoms with Gasteiger partial charge in [0.25, 0.3) is 0 Å². The topological polar surface area (TPSA) is 84.9 Å². The Morgan fingerprint density at radius 1 is 1.17 bits per heavy atom. The van der Waals surface area contributed by atoms with Crippen molar-refractivity contribution in [2.75, 3.05) is 19.5 Å². The number of benzene rings is 1. The number of anilines is 1. The number of ether oxygens (including phenoxy) is 2. The van der Waals surface area contributed by atoms with E-state index in [9.17, 15) is 14.4 Å². The lowest BCUT2D eigenvalue weighted by Gasteiger charge is -2.54. The fourth-order valence-electron chi connectivity index (χ4n) is 6.47. The second kappa shape index (κ2) is 6.37. The number of carbonyl (C=O) groups is 3. The van der Waals surface area contributed by atoms with Crippen LogP contribution in [0.2, 0.25) is 0 Å². The summed E-state index contributed by atoms with van der Waals surface area (Å²) in [5.41, 5.74) is 0.483. The minimum atomic E-state index is -0.810. The fraction of sp³-hybridized carbons (Fsp3) is 0.591. The SMILES string of the molecule is COC(=O)C1C[C@@]2(C(=O)Nc3ccccc32)[C@H]2CC[C@]3(OC)CCC(=O)C[C@@H]3N12. The summed E-state index contributed by atoms with van der Waals surface area (Å²) >= 11 is 0. The molecule has 154 valence electrons. The maximum absolute atomic E-state index is 13.4. The van der Waals surface area contributed by atoms with Crippen LogP contribution in [0.3, 0.4) is 0 Å². The molecule has 0 bridgehead atoms. The van der Waals surface area contributed by atoms with E-state index < -0.39 is 17.1 Å². The van der Waals surface area contributed by atoms with Crippen LogP contribution in [0.15, 0.2) is 24.3 Å². The van der Waals surface area contributed by atoms with E-state index in [-0.39, 0.29) is 29.7 Å². The highest BCUT2D eigenvalue weighted by Gasteiger charge is 2.68. The van der Waals surface area contributed by atoms with Crippen LogP contribution in [0.4, 0.5) is 5.69 Å². The third-order valence-corrected chi connectivity index (χ3v) is 7.80. The maximum Gasteiger partial charge on any atom is 0.323 e. The molecule has 0 radical (unpaired) electrons. The zero-order valence-electron chi connectivity index (χ0n) is 16.8. The molecule has 29 heavy (non-hydrogen) atoms. The van der Waals surface area contributed by atoms with E-state index >= 15 is 0 Å². The van der Waals surface area contributed by atoms with Gasteiger partial charge in [-0.05, 0) is 37.3 Å². The van der Waals surface area contributed by atoms with Crippen molar-refractivity contribution in [1.82, 2.24) is 4.90 Å². The molecule has 2 saturated heterocycles. The molecule has 1 aliphatic carbocycles. The van der Waals surface area contributed by atoms with Gasteiger partial charge in [-0.15, -0.1) is 0 Å². The Hall–Kier alpha value is -2.25. The van der Waals surface area contributed by atoms with Crippen molar-refractivity contribution in [3.05, 3.63) is 29.8 Å². The highest BCUT2D eigenvalue weighted by molar-refractivity contribution is 6.08. The van der Waals surface area contributed by atoms with Gasteiger partial charge in [-0.3, -0.25) is 19.3 Å². The predicted octanol–water partition coefficient (Wildman–Crippen LogP) is 1.79. The molecule has 4 aliphatic rings. The number of ketones is 1. The van der Waals surface area contributed by atoms with Gasteiger partial charge < -0.3 is 14.8 Å². The van der Waals surface area contributed by atoms with Crippen LogP contribution in [0.1, 0.15) is 44.1 Å². The Morgan fingerprint density at radius 2 is 1.97 bits per heavy atom. The van der Waals surface area contributed by atoms with Crippen molar-refractivity contribution in [2.45, 2.75) is 67.7 Å². The summed E-state index contributed by atoms with van der Waals surface area (Å²) in [7, 11) is 3.07. The van der Waals surface area contributed by atoms with Crippen LogP contribution in [-0.4, -0.2) is 60.5 Å². The van der Waals surface area contributed by atoms with E-state index in [4.69, 9.17) is 9.47 Å². The van der Waals surface area contributed by atoms with Gasteiger partial charge in [0.15, 0.2) is 0 Å². The molecule has 7 heteroatoms. The van der Waals surface area contributed by atoms with E-state index in [1.807, 2.05) is 24.3 Å². The smallest absolute Gasteiger partial charge is 0.323 e. The zero-order chi connectivity index (χ0) is 20.4. The highest BCUT2D eigenvalue weighted by Crippen LogP contribution is 2.57. The minimum Gasteiger partial charge on any atom is -0.468 e. The molecular formula is C22H26N2O5. The largest absolute Gasteiger partial charge is 0.468 e. The number of nitrogens with one attached hydrogen (secondary N) is 1. The number of carbonyl (C=O) groups excluding carboxylic acids is 3. The molecule has 1 spiro atoms. The first kappa shape index (κ1) is 18.8. The number of para-hydroxylation sites is 1. The van der Waals surface area contributed by atoms with Gasteiger partial charge in [-0.1, -0.05) is 18.2 Å². The van der Waals surface area contributed by atoms with Crippen LogP contribution in [0, 0.1) is 0 Å². The van der Waals surface area contributed by atoms with Gasteiger partial charge in [0.2, 0.25) is 5.91 Å². The molecule has 3 fully saturated rings. The molecule has 1 saturated carbocycles. The summed E-state index contributed by atoms with van der Waals surface area (Å²) in [6, 6.07) is 6.75. The molecule has 1 unspecified atom stereocenters. The second-order valence-electron chi connectivity index (χ2n) is 8.74. The van der Waals surface area contributed by atoms with Crippen LogP contribution >= 0.6 is 0 Å². The number of fused-ring (bicyclic) bond motifs is 6. The van der Waals surface area contributed by atoms with Crippen molar-refractivity contribution in [3.63, 3.8) is 0 Å². The Kier molecular flexibility index (Phi) is 4.12. The molecule has 3 heterocycles. The predicted molar refractivity (Wildman–Crippen MR) is 104 cm³/mol. The quantitative estimate of drug-likeness (QED) is 0.765. The molecule has 0 aromatic heterocycles. The summed E-state index contributed by atoms with van der Waals surface area (Å²) in [5.74, 6) is -0.231. The molecule has 1 amide bonds. The van der Waals surface area contributed by atoms with Crippen LogP contribution < -0.4 is 5.32 Å². The lowest BCUT2D eigenvalue weighted by Crippen LogP contribution is -2.66. The van der Waals surface area contributed by atoms with E-state index in [1.54, 1.807) is 7.11 Å². The van der Waals surface area contributed by atoms with E-state index in [1.165, 1.54) is 7.11 Å². The number of Topliss-reactive ketones (excluding diaryl/α,β-unsaturated/α-hetero) is 1. The maximum atomic E-state index is 13.4. The van der Waals surface area contributed by atoms with Crippen molar-refractivity contribution >= 4 is 23.3 Å². The zero-order valence-corrected chi connectivity index (χ0v) is 16.8. The van der Waals surface area contributed by atoms with Crippen molar-refractivity contribution in [1.29, 1.82) is 0 Å². The monoisotopic (exact) mass is 398 g/mol. The molecular weight excluding hydrogens is 372 g/mol. The third kappa shape index (κ3) is 2.34. The number of hydrogen-bond donors (Lipinski definition) is 1. The standard InChI is InChI=1S/C22H26N2O5/c1-28-19(26)16-12-22(14-5-3-4-6-15(14)23-20(22)27)17-8-10-21(29-2)9-7-13(25)11-18(21)24(16)17/h3-6,16-18H,7-12H2,1-2H3,(H,23,27)/t16?,17-,18+,21-,22+/m1/s1. The van der Waals surface area contributed by atoms with Gasteiger partial charge in [0.1, 0.15) is 11.8 Å². The van der Waals surface area contributed by atoms with Crippen LogP contribution in [0.5, 0.6) is 0 Å². The first-order chi connectivity index (χ1) is 14.0. The minimum absolute atomic E-state index is 0.0628. The summed E-state index contributed by atoms with van der Waals surface area (Å²) in [6.07, 6.45) is 3.36. The number of nitrogens with zero attached hydrogens (tertiary/aromatic N) is 1. The first-order valence-electron chi connectivity index (χ1n) is 10.3. The Labute approximate surface area is 169 Å². The van der Waals surface area contributed by atoms with Crippen LogP contribution in [-0.2, 0) is 29.3 Å². The van der Waals surface area contributed by atoms with Gasteiger partial charge in [-0.25, -0.2) is 0 Å². The van der Waals surface area contributed by atoms with Crippen molar-refractivity contribution in [3.8, 4) is 0 Å². The van der Waals surface area contributed by atoms with Gasteiger partial charge >= 0.3 is 5.97 Å². The molecule has 1 aromatic carbocycles.